The standard InChI is InChI=1S/C11H13BrN2O2/c1-2-14-7-8(6-13-14)5-10(15)11-9(12)3-4-16-11/h3-4,6-7,10,15H,2,5H2,1H3. The molecule has 0 spiro atoms. The zero-order valence-electron chi connectivity index (χ0n) is 8.93. The maximum atomic E-state index is 9.96. The van der Waals surface area contributed by atoms with Gasteiger partial charge in [-0.05, 0) is 34.5 Å². The number of aromatic nitrogens is 2. The summed E-state index contributed by atoms with van der Waals surface area (Å²) in [6.07, 6.45) is 5.12. The van der Waals surface area contributed by atoms with Crippen LogP contribution in [0.25, 0.3) is 0 Å². The van der Waals surface area contributed by atoms with Crippen molar-refractivity contribution < 1.29 is 9.52 Å². The second-order valence-corrected chi connectivity index (χ2v) is 4.41. The molecule has 1 unspecified atom stereocenters. The van der Waals surface area contributed by atoms with Gasteiger partial charge in [-0.3, -0.25) is 4.68 Å². The molecule has 1 N–H and O–H groups in total. The molecule has 1 atom stereocenters. The maximum Gasteiger partial charge on any atom is 0.146 e. The predicted octanol–water partition coefficient (Wildman–Crippen LogP) is 2.53. The highest BCUT2D eigenvalue weighted by Gasteiger charge is 2.16. The summed E-state index contributed by atoms with van der Waals surface area (Å²) in [7, 11) is 0. The Balaban J connectivity index is 2.07. The number of aryl methyl sites for hydroxylation is 1. The van der Waals surface area contributed by atoms with Crippen LogP contribution in [0.2, 0.25) is 0 Å². The van der Waals surface area contributed by atoms with Crippen LogP contribution in [0.5, 0.6) is 0 Å². The molecule has 0 amide bonds. The third-order valence-electron chi connectivity index (χ3n) is 2.39. The molecular formula is C11H13BrN2O2. The largest absolute Gasteiger partial charge is 0.465 e. The Hall–Kier alpha value is -1.07. The Morgan fingerprint density at radius 1 is 1.62 bits per heavy atom. The molecule has 2 aromatic heterocycles. The van der Waals surface area contributed by atoms with Crippen molar-refractivity contribution in [3.8, 4) is 0 Å². The van der Waals surface area contributed by atoms with Crippen LogP contribution in [0.15, 0.2) is 33.6 Å². The second kappa shape index (κ2) is 4.84. The lowest BCUT2D eigenvalue weighted by molar-refractivity contribution is 0.149. The van der Waals surface area contributed by atoms with E-state index in [4.69, 9.17) is 4.42 Å². The van der Waals surface area contributed by atoms with Crippen molar-refractivity contribution in [1.29, 1.82) is 0 Å². The highest BCUT2D eigenvalue weighted by molar-refractivity contribution is 9.10. The smallest absolute Gasteiger partial charge is 0.146 e. The molecule has 5 heteroatoms. The summed E-state index contributed by atoms with van der Waals surface area (Å²) in [4.78, 5) is 0. The van der Waals surface area contributed by atoms with Crippen LogP contribution in [0.4, 0.5) is 0 Å². The number of aliphatic hydroxyl groups is 1. The molecule has 0 bridgehead atoms. The van der Waals surface area contributed by atoms with Gasteiger partial charge in [0.2, 0.25) is 0 Å². The molecule has 0 aliphatic heterocycles. The van der Waals surface area contributed by atoms with Gasteiger partial charge in [0.15, 0.2) is 0 Å². The number of hydrogen-bond acceptors (Lipinski definition) is 3. The van der Waals surface area contributed by atoms with E-state index in [9.17, 15) is 5.11 Å². The van der Waals surface area contributed by atoms with E-state index < -0.39 is 6.10 Å². The Morgan fingerprint density at radius 2 is 2.44 bits per heavy atom. The number of nitrogens with zero attached hydrogens (tertiary/aromatic N) is 2. The van der Waals surface area contributed by atoms with Gasteiger partial charge < -0.3 is 9.52 Å². The Morgan fingerprint density at radius 3 is 3.00 bits per heavy atom. The minimum absolute atomic E-state index is 0.506. The van der Waals surface area contributed by atoms with Gasteiger partial charge in [-0.25, -0.2) is 0 Å². The third kappa shape index (κ3) is 2.36. The van der Waals surface area contributed by atoms with Crippen LogP contribution in [-0.4, -0.2) is 14.9 Å². The SMILES string of the molecule is CCn1cc(CC(O)c2occc2Br)cn1. The monoisotopic (exact) mass is 284 g/mol. The van der Waals surface area contributed by atoms with Crippen LogP contribution < -0.4 is 0 Å². The molecule has 0 saturated carbocycles. The molecular weight excluding hydrogens is 272 g/mol. The van der Waals surface area contributed by atoms with E-state index in [0.29, 0.717) is 12.2 Å². The van der Waals surface area contributed by atoms with Gasteiger partial charge >= 0.3 is 0 Å². The number of aliphatic hydroxyl groups excluding tert-OH is 1. The lowest BCUT2D eigenvalue weighted by Crippen LogP contribution is -2.00. The van der Waals surface area contributed by atoms with Gasteiger partial charge in [0.05, 0.1) is 16.9 Å². The molecule has 0 aliphatic carbocycles. The van der Waals surface area contributed by atoms with E-state index in [2.05, 4.69) is 21.0 Å². The summed E-state index contributed by atoms with van der Waals surface area (Å²) >= 11 is 3.32. The van der Waals surface area contributed by atoms with E-state index in [1.54, 1.807) is 18.5 Å². The molecule has 86 valence electrons. The molecule has 2 heterocycles. The first-order valence-electron chi connectivity index (χ1n) is 5.13. The maximum absolute atomic E-state index is 9.96. The third-order valence-corrected chi connectivity index (χ3v) is 3.04. The Bertz CT molecular complexity index is 464. The number of halogens is 1. The summed E-state index contributed by atoms with van der Waals surface area (Å²) in [6.45, 7) is 2.86. The lowest BCUT2D eigenvalue weighted by Gasteiger charge is -2.06. The van der Waals surface area contributed by atoms with Crippen molar-refractivity contribution in [2.24, 2.45) is 0 Å². The van der Waals surface area contributed by atoms with E-state index >= 15 is 0 Å². The summed E-state index contributed by atoms with van der Waals surface area (Å²) in [5, 5.41) is 14.1. The average Bonchev–Trinajstić information content (AvgIpc) is 2.86. The molecule has 16 heavy (non-hydrogen) atoms. The molecule has 4 nitrogen and oxygen atoms in total. The Kier molecular flexibility index (Phi) is 3.46. The first kappa shape index (κ1) is 11.4. The minimum Gasteiger partial charge on any atom is -0.465 e. The fourth-order valence-electron chi connectivity index (χ4n) is 1.54. The van der Waals surface area contributed by atoms with Gasteiger partial charge in [-0.2, -0.15) is 5.10 Å². The van der Waals surface area contributed by atoms with Crippen LogP contribution in [0.3, 0.4) is 0 Å². The van der Waals surface area contributed by atoms with Crippen molar-refractivity contribution >= 4 is 15.9 Å². The number of hydrogen-bond donors (Lipinski definition) is 1. The van der Waals surface area contributed by atoms with Crippen LogP contribution in [-0.2, 0) is 13.0 Å². The van der Waals surface area contributed by atoms with Crippen molar-refractivity contribution in [2.45, 2.75) is 26.0 Å². The second-order valence-electron chi connectivity index (χ2n) is 3.56. The van der Waals surface area contributed by atoms with Crippen molar-refractivity contribution in [3.63, 3.8) is 0 Å². The zero-order chi connectivity index (χ0) is 11.5. The number of furan rings is 1. The van der Waals surface area contributed by atoms with Gasteiger partial charge in [-0.15, -0.1) is 0 Å². The zero-order valence-corrected chi connectivity index (χ0v) is 10.5. The van der Waals surface area contributed by atoms with Crippen molar-refractivity contribution in [2.75, 3.05) is 0 Å². The van der Waals surface area contributed by atoms with Crippen molar-refractivity contribution in [3.05, 3.63) is 40.5 Å². The first-order chi connectivity index (χ1) is 7.70. The van der Waals surface area contributed by atoms with E-state index in [1.807, 2.05) is 17.8 Å². The van der Waals surface area contributed by atoms with E-state index in [0.717, 1.165) is 16.6 Å². The molecule has 2 rings (SSSR count). The van der Waals surface area contributed by atoms with Crippen LogP contribution >= 0.6 is 15.9 Å². The minimum atomic E-state index is -0.640. The van der Waals surface area contributed by atoms with E-state index in [1.165, 1.54) is 0 Å². The molecule has 0 aliphatic rings. The van der Waals surface area contributed by atoms with Gasteiger partial charge in [0.1, 0.15) is 11.9 Å². The number of rotatable bonds is 4. The van der Waals surface area contributed by atoms with Gasteiger partial charge in [0, 0.05) is 19.2 Å². The predicted molar refractivity (Wildman–Crippen MR) is 63.0 cm³/mol. The fourth-order valence-corrected chi connectivity index (χ4v) is 2.01. The quantitative estimate of drug-likeness (QED) is 0.939. The summed E-state index contributed by atoms with van der Waals surface area (Å²) in [5.74, 6) is 0.559. The summed E-state index contributed by atoms with van der Waals surface area (Å²) in [6, 6.07) is 1.77. The van der Waals surface area contributed by atoms with Crippen molar-refractivity contribution in [1.82, 2.24) is 9.78 Å². The van der Waals surface area contributed by atoms with Crippen LogP contribution in [0.1, 0.15) is 24.4 Å². The van der Waals surface area contributed by atoms with Crippen LogP contribution in [0, 0.1) is 0 Å². The Labute approximate surface area is 102 Å². The summed E-state index contributed by atoms with van der Waals surface area (Å²) < 4.78 is 7.83. The summed E-state index contributed by atoms with van der Waals surface area (Å²) in [5.41, 5.74) is 0.998. The topological polar surface area (TPSA) is 51.2 Å². The van der Waals surface area contributed by atoms with Gasteiger partial charge in [-0.1, -0.05) is 0 Å². The highest BCUT2D eigenvalue weighted by atomic mass is 79.9. The highest BCUT2D eigenvalue weighted by Crippen LogP contribution is 2.26. The lowest BCUT2D eigenvalue weighted by atomic mass is 10.1. The molecule has 0 saturated heterocycles. The normalized spacial score (nSPS) is 12.9. The fraction of sp³-hybridized carbons (Fsp3) is 0.364. The van der Waals surface area contributed by atoms with Gasteiger partial charge in [0.25, 0.3) is 0 Å². The molecule has 0 fully saturated rings. The van der Waals surface area contributed by atoms with E-state index in [-0.39, 0.29) is 0 Å². The molecule has 2 aromatic rings. The first-order valence-corrected chi connectivity index (χ1v) is 5.92. The molecule has 0 radical (unpaired) electrons. The average molecular weight is 285 g/mol. The molecule has 0 aromatic carbocycles.